The van der Waals surface area contributed by atoms with Crippen molar-refractivity contribution >= 4 is 0 Å². The third-order valence-corrected chi connectivity index (χ3v) is 4.47. The molecule has 0 bridgehead atoms. The van der Waals surface area contributed by atoms with Gasteiger partial charge in [-0.05, 0) is 51.0 Å². The maximum Gasteiger partial charge on any atom is 0.0540 e. The monoisotopic (exact) mass is 270 g/mol. The first-order valence-electron chi connectivity index (χ1n) is 7.99. The van der Waals surface area contributed by atoms with E-state index in [0.717, 1.165) is 38.4 Å². The van der Waals surface area contributed by atoms with Crippen LogP contribution in [0.25, 0.3) is 0 Å². The second-order valence-electron chi connectivity index (χ2n) is 6.31. The van der Waals surface area contributed by atoms with Gasteiger partial charge in [-0.15, -0.1) is 0 Å². The molecule has 0 aromatic carbocycles. The lowest BCUT2D eigenvalue weighted by molar-refractivity contribution is 0.0799. The smallest absolute Gasteiger partial charge is 0.0540 e. The molecule has 0 aromatic rings. The summed E-state index contributed by atoms with van der Waals surface area (Å²) in [6.45, 7) is 5.55. The normalized spacial score (nSPS) is 30.5. The van der Waals surface area contributed by atoms with Crippen molar-refractivity contribution in [2.24, 2.45) is 5.92 Å². The Bertz CT molecular complexity index is 259. The minimum absolute atomic E-state index is 0.137. The SMILES string of the molecule is CCC(O)CC1CC(NCCCO)CN(C2CC2)C1. The highest BCUT2D eigenvalue weighted by Gasteiger charge is 2.36. The van der Waals surface area contributed by atoms with E-state index in [1.807, 2.05) is 0 Å². The summed E-state index contributed by atoms with van der Waals surface area (Å²) in [5.74, 6) is 0.621. The van der Waals surface area contributed by atoms with Gasteiger partial charge in [0.2, 0.25) is 0 Å². The molecular weight excluding hydrogens is 240 g/mol. The van der Waals surface area contributed by atoms with Crippen molar-refractivity contribution in [3.8, 4) is 0 Å². The molecule has 3 atom stereocenters. The van der Waals surface area contributed by atoms with E-state index in [0.29, 0.717) is 12.0 Å². The lowest BCUT2D eigenvalue weighted by Gasteiger charge is -2.39. The molecule has 4 heteroatoms. The lowest BCUT2D eigenvalue weighted by atomic mass is 9.88. The van der Waals surface area contributed by atoms with Crippen LogP contribution in [-0.4, -0.2) is 59.5 Å². The standard InChI is InChI=1S/C15H30N2O2/c1-2-15(19)9-12-8-13(16-6-3-7-18)11-17(10-12)14-4-5-14/h12-16,18-19H,2-11H2,1H3. The Morgan fingerprint density at radius 1 is 1.32 bits per heavy atom. The Morgan fingerprint density at radius 3 is 2.74 bits per heavy atom. The van der Waals surface area contributed by atoms with Gasteiger partial charge in [-0.25, -0.2) is 0 Å². The van der Waals surface area contributed by atoms with Crippen molar-refractivity contribution in [3.05, 3.63) is 0 Å². The first-order chi connectivity index (χ1) is 9.22. The highest BCUT2D eigenvalue weighted by atomic mass is 16.3. The van der Waals surface area contributed by atoms with Crippen LogP contribution in [0.15, 0.2) is 0 Å². The maximum absolute atomic E-state index is 9.88. The molecule has 0 radical (unpaired) electrons. The topological polar surface area (TPSA) is 55.7 Å². The first kappa shape index (κ1) is 15.2. The number of hydrogen-bond acceptors (Lipinski definition) is 4. The van der Waals surface area contributed by atoms with Gasteiger partial charge in [-0.2, -0.15) is 0 Å². The summed E-state index contributed by atoms with van der Waals surface area (Å²) in [5.41, 5.74) is 0. The van der Waals surface area contributed by atoms with E-state index >= 15 is 0 Å². The van der Waals surface area contributed by atoms with Crippen molar-refractivity contribution in [1.29, 1.82) is 0 Å². The molecule has 19 heavy (non-hydrogen) atoms. The number of rotatable bonds is 8. The summed E-state index contributed by atoms with van der Waals surface area (Å²) in [4.78, 5) is 2.62. The van der Waals surface area contributed by atoms with Gasteiger partial charge < -0.3 is 15.5 Å². The fourth-order valence-electron chi connectivity index (χ4n) is 3.23. The fraction of sp³-hybridized carbons (Fsp3) is 1.00. The number of aliphatic hydroxyl groups excluding tert-OH is 2. The number of hydrogen-bond donors (Lipinski definition) is 3. The highest BCUT2D eigenvalue weighted by Crippen LogP contribution is 2.32. The summed E-state index contributed by atoms with van der Waals surface area (Å²) in [6, 6.07) is 1.35. The summed E-state index contributed by atoms with van der Waals surface area (Å²) < 4.78 is 0. The van der Waals surface area contributed by atoms with Crippen LogP contribution < -0.4 is 5.32 Å². The van der Waals surface area contributed by atoms with Gasteiger partial charge in [0.25, 0.3) is 0 Å². The van der Waals surface area contributed by atoms with Gasteiger partial charge in [0, 0.05) is 31.8 Å². The van der Waals surface area contributed by atoms with Crippen LogP contribution in [0, 0.1) is 5.92 Å². The van der Waals surface area contributed by atoms with Crippen molar-refractivity contribution in [2.45, 2.75) is 63.6 Å². The predicted molar refractivity (Wildman–Crippen MR) is 77.1 cm³/mol. The average Bonchev–Trinajstić information content (AvgIpc) is 3.23. The molecule has 0 aromatic heterocycles. The van der Waals surface area contributed by atoms with Crippen LogP contribution in [0.3, 0.4) is 0 Å². The zero-order valence-corrected chi connectivity index (χ0v) is 12.2. The minimum Gasteiger partial charge on any atom is -0.396 e. The Labute approximate surface area is 117 Å². The van der Waals surface area contributed by atoms with E-state index in [2.05, 4.69) is 17.1 Å². The summed E-state index contributed by atoms with van der Waals surface area (Å²) >= 11 is 0. The second kappa shape index (κ2) is 7.58. The lowest BCUT2D eigenvalue weighted by Crippen LogP contribution is -2.50. The molecule has 3 unspecified atom stereocenters. The molecule has 112 valence electrons. The van der Waals surface area contributed by atoms with E-state index in [9.17, 15) is 5.11 Å². The molecule has 3 N–H and O–H groups in total. The molecule has 2 rings (SSSR count). The van der Waals surface area contributed by atoms with Crippen molar-refractivity contribution < 1.29 is 10.2 Å². The molecule has 2 aliphatic rings. The number of nitrogens with one attached hydrogen (secondary N) is 1. The van der Waals surface area contributed by atoms with Gasteiger partial charge in [-0.3, -0.25) is 4.90 Å². The number of aliphatic hydroxyl groups is 2. The van der Waals surface area contributed by atoms with Crippen LogP contribution in [0.5, 0.6) is 0 Å². The van der Waals surface area contributed by atoms with Crippen LogP contribution in [-0.2, 0) is 0 Å². The van der Waals surface area contributed by atoms with Gasteiger partial charge in [0.15, 0.2) is 0 Å². The molecule has 1 aliphatic carbocycles. The summed E-state index contributed by atoms with van der Waals surface area (Å²) in [7, 11) is 0. The zero-order chi connectivity index (χ0) is 13.7. The van der Waals surface area contributed by atoms with Crippen molar-refractivity contribution in [2.75, 3.05) is 26.2 Å². The largest absolute Gasteiger partial charge is 0.396 e. The molecule has 4 nitrogen and oxygen atoms in total. The number of piperidine rings is 1. The molecular formula is C15H30N2O2. The predicted octanol–water partition coefficient (Wildman–Crippen LogP) is 0.972. The molecule has 1 heterocycles. The number of likely N-dealkylation sites (tertiary alicyclic amines) is 1. The average molecular weight is 270 g/mol. The van der Waals surface area contributed by atoms with Crippen LogP contribution in [0.1, 0.15) is 45.4 Å². The number of nitrogens with zero attached hydrogens (tertiary/aromatic N) is 1. The van der Waals surface area contributed by atoms with Gasteiger partial charge in [0.1, 0.15) is 0 Å². The van der Waals surface area contributed by atoms with Gasteiger partial charge in [0.05, 0.1) is 6.10 Å². The first-order valence-corrected chi connectivity index (χ1v) is 7.99. The Kier molecular flexibility index (Phi) is 6.07. The quantitative estimate of drug-likeness (QED) is 0.575. The molecule has 0 amide bonds. The molecule has 1 saturated carbocycles. The molecule has 0 spiro atoms. The molecule has 1 saturated heterocycles. The summed E-state index contributed by atoms with van der Waals surface area (Å²) in [5, 5.41) is 22.3. The third kappa shape index (κ3) is 5.03. The Balaban J connectivity index is 1.81. The van der Waals surface area contributed by atoms with Gasteiger partial charge in [-0.1, -0.05) is 6.92 Å². The van der Waals surface area contributed by atoms with Crippen molar-refractivity contribution in [3.63, 3.8) is 0 Å². The Morgan fingerprint density at radius 2 is 2.11 bits per heavy atom. The van der Waals surface area contributed by atoms with E-state index in [1.165, 1.54) is 25.8 Å². The second-order valence-corrected chi connectivity index (χ2v) is 6.31. The van der Waals surface area contributed by atoms with Crippen molar-refractivity contribution in [1.82, 2.24) is 10.2 Å². The van der Waals surface area contributed by atoms with E-state index < -0.39 is 0 Å². The van der Waals surface area contributed by atoms with Gasteiger partial charge >= 0.3 is 0 Å². The van der Waals surface area contributed by atoms with Crippen LogP contribution >= 0.6 is 0 Å². The third-order valence-electron chi connectivity index (χ3n) is 4.47. The molecule has 2 fully saturated rings. The highest BCUT2D eigenvalue weighted by molar-refractivity contribution is 4.92. The fourth-order valence-corrected chi connectivity index (χ4v) is 3.23. The summed E-state index contributed by atoms with van der Waals surface area (Å²) in [6.07, 6.45) is 6.38. The minimum atomic E-state index is -0.137. The molecule has 1 aliphatic heterocycles. The maximum atomic E-state index is 9.88. The van der Waals surface area contributed by atoms with E-state index in [-0.39, 0.29) is 12.7 Å². The zero-order valence-electron chi connectivity index (χ0n) is 12.2. The van der Waals surface area contributed by atoms with Crippen LogP contribution in [0.2, 0.25) is 0 Å². The Hall–Kier alpha value is -0.160. The van der Waals surface area contributed by atoms with E-state index in [1.54, 1.807) is 0 Å². The van der Waals surface area contributed by atoms with E-state index in [4.69, 9.17) is 5.11 Å². The van der Waals surface area contributed by atoms with Crippen LogP contribution in [0.4, 0.5) is 0 Å².